The van der Waals surface area contributed by atoms with Crippen molar-refractivity contribution in [2.45, 2.75) is 19.6 Å². The van der Waals surface area contributed by atoms with E-state index in [1.807, 2.05) is 103 Å². The molecular weight excluding hydrogens is 608 g/mol. The van der Waals surface area contributed by atoms with E-state index in [1.54, 1.807) is 24.7 Å². The molecule has 45 heavy (non-hydrogen) atoms. The van der Waals surface area contributed by atoms with Crippen LogP contribution >= 0.6 is 22.9 Å². The highest BCUT2D eigenvalue weighted by Gasteiger charge is 2.35. The zero-order valence-corrected chi connectivity index (χ0v) is 26.2. The highest BCUT2D eigenvalue weighted by Crippen LogP contribution is 2.36. The minimum absolute atomic E-state index is 0.173. The summed E-state index contributed by atoms with van der Waals surface area (Å²) in [6.07, 6.45) is 1.81. The van der Waals surface area contributed by atoms with E-state index in [-0.39, 0.29) is 17.7 Å². The molecular formula is C36H29ClN2O5S. The average Bonchev–Trinajstić information content (AvgIpc) is 3.38. The fourth-order valence-corrected chi connectivity index (χ4v) is 6.30. The Morgan fingerprint density at radius 3 is 2.49 bits per heavy atom. The van der Waals surface area contributed by atoms with Crippen LogP contribution in [0.1, 0.15) is 35.2 Å². The normalized spacial score (nSPS) is 14.5. The Morgan fingerprint density at radius 2 is 1.73 bits per heavy atom. The van der Waals surface area contributed by atoms with Gasteiger partial charge in [0, 0.05) is 16.1 Å². The minimum atomic E-state index is -0.802. The maximum absolute atomic E-state index is 14.3. The molecule has 0 aliphatic carbocycles. The van der Waals surface area contributed by atoms with Gasteiger partial charge < -0.3 is 14.2 Å². The molecule has 0 radical (unpaired) electrons. The molecule has 0 N–H and O–H groups in total. The van der Waals surface area contributed by atoms with Crippen LogP contribution in [0.4, 0.5) is 0 Å². The molecule has 4 aromatic carbocycles. The van der Waals surface area contributed by atoms with Crippen LogP contribution in [0.2, 0.25) is 5.02 Å². The predicted octanol–water partition coefficient (Wildman–Crippen LogP) is 6.18. The van der Waals surface area contributed by atoms with Crippen molar-refractivity contribution in [3.05, 3.63) is 156 Å². The van der Waals surface area contributed by atoms with E-state index in [1.165, 1.54) is 11.3 Å². The summed E-state index contributed by atoms with van der Waals surface area (Å²) >= 11 is 7.29. The number of rotatable bonds is 9. The second kappa shape index (κ2) is 13.4. The number of esters is 1. The molecule has 6 rings (SSSR count). The van der Waals surface area contributed by atoms with Gasteiger partial charge in [-0.15, -0.1) is 0 Å². The number of hydrogen-bond donors (Lipinski definition) is 0. The first-order valence-corrected chi connectivity index (χ1v) is 15.5. The number of ether oxygens (including phenoxy) is 3. The first-order chi connectivity index (χ1) is 22.0. The maximum atomic E-state index is 14.3. The second-order valence-corrected chi connectivity index (χ2v) is 11.6. The molecule has 0 fully saturated rings. The Morgan fingerprint density at radius 1 is 0.978 bits per heavy atom. The van der Waals surface area contributed by atoms with Crippen LogP contribution in [0.5, 0.6) is 11.5 Å². The van der Waals surface area contributed by atoms with Crippen molar-refractivity contribution in [1.82, 2.24) is 4.57 Å². The summed E-state index contributed by atoms with van der Waals surface area (Å²) in [4.78, 5) is 33.3. The van der Waals surface area contributed by atoms with Gasteiger partial charge in [0.05, 0.1) is 35.6 Å². The largest absolute Gasteiger partial charge is 0.497 e. The van der Waals surface area contributed by atoms with Crippen LogP contribution in [-0.2, 0) is 16.1 Å². The van der Waals surface area contributed by atoms with Crippen LogP contribution in [0.3, 0.4) is 0 Å². The van der Waals surface area contributed by atoms with E-state index in [4.69, 9.17) is 30.8 Å². The monoisotopic (exact) mass is 636 g/mol. The highest BCUT2D eigenvalue weighted by atomic mass is 35.5. The number of halogens is 1. The molecule has 226 valence electrons. The number of nitrogens with zero attached hydrogens (tertiary/aromatic N) is 2. The lowest BCUT2D eigenvalue weighted by atomic mass is 9.93. The third kappa shape index (κ3) is 6.34. The molecule has 9 heteroatoms. The topological polar surface area (TPSA) is 79.1 Å². The van der Waals surface area contributed by atoms with Gasteiger partial charge in [-0.05, 0) is 54.5 Å². The zero-order valence-electron chi connectivity index (χ0n) is 24.6. The summed E-state index contributed by atoms with van der Waals surface area (Å²) in [5.41, 5.74) is 3.60. The van der Waals surface area contributed by atoms with Gasteiger partial charge in [0.25, 0.3) is 5.56 Å². The van der Waals surface area contributed by atoms with E-state index < -0.39 is 12.0 Å². The number of fused-ring (bicyclic) bond motifs is 1. The van der Waals surface area contributed by atoms with Gasteiger partial charge in [-0.3, -0.25) is 9.36 Å². The molecule has 1 aliphatic rings. The predicted molar refractivity (Wildman–Crippen MR) is 176 cm³/mol. The molecule has 5 aromatic rings. The number of carbonyl (C=O) groups excluding carboxylic acids is 1. The molecule has 7 nitrogen and oxygen atoms in total. The smallest absolute Gasteiger partial charge is 0.338 e. The van der Waals surface area contributed by atoms with Crippen molar-refractivity contribution < 1.29 is 19.0 Å². The minimum Gasteiger partial charge on any atom is -0.497 e. The van der Waals surface area contributed by atoms with Crippen molar-refractivity contribution >= 4 is 40.7 Å². The molecule has 1 atom stereocenters. The van der Waals surface area contributed by atoms with E-state index in [0.717, 1.165) is 16.7 Å². The van der Waals surface area contributed by atoms with Crippen LogP contribution in [-0.4, -0.2) is 24.3 Å². The van der Waals surface area contributed by atoms with Crippen LogP contribution < -0.4 is 24.4 Å². The van der Waals surface area contributed by atoms with Crippen LogP contribution in [0.25, 0.3) is 11.8 Å². The molecule has 0 amide bonds. The zero-order chi connectivity index (χ0) is 31.3. The molecule has 2 heterocycles. The summed E-state index contributed by atoms with van der Waals surface area (Å²) in [7, 11) is 1.58. The number of thiazole rings is 1. The van der Waals surface area contributed by atoms with E-state index in [2.05, 4.69) is 0 Å². The number of para-hydroxylation sites is 1. The van der Waals surface area contributed by atoms with Gasteiger partial charge in [-0.1, -0.05) is 95.7 Å². The maximum Gasteiger partial charge on any atom is 0.338 e. The lowest BCUT2D eigenvalue weighted by Crippen LogP contribution is -2.40. The van der Waals surface area contributed by atoms with Gasteiger partial charge in [-0.25, -0.2) is 9.79 Å². The molecule has 0 unspecified atom stereocenters. The molecule has 1 aliphatic heterocycles. The molecule has 0 saturated carbocycles. The van der Waals surface area contributed by atoms with E-state index in [0.29, 0.717) is 43.7 Å². The average molecular weight is 637 g/mol. The summed E-state index contributed by atoms with van der Waals surface area (Å²) < 4.78 is 19.2. The van der Waals surface area contributed by atoms with Crippen molar-refractivity contribution in [3.63, 3.8) is 0 Å². The summed E-state index contributed by atoms with van der Waals surface area (Å²) in [6.45, 7) is 2.26. The number of benzene rings is 4. The summed E-state index contributed by atoms with van der Waals surface area (Å²) in [6, 6.07) is 31.0. The standard InChI is InChI=1S/C36H29ClN2O5S/c1-3-43-35(41)31-32(24-10-5-4-6-11-24)38-36-39(33(31)26-13-9-14-28(20-26)42-2)34(40)30(45-36)21-25-12-7-8-15-29(25)44-22-23-16-18-27(37)19-17-23/h4-21,33H,3,22H2,1-2H3/b30-21+/t33-/m1/s1. The Kier molecular flexibility index (Phi) is 8.96. The highest BCUT2D eigenvalue weighted by molar-refractivity contribution is 7.07. The fourth-order valence-electron chi connectivity index (χ4n) is 5.18. The molecule has 0 bridgehead atoms. The number of carbonyl (C=O) groups is 1. The van der Waals surface area contributed by atoms with E-state index in [9.17, 15) is 9.59 Å². The lowest BCUT2D eigenvalue weighted by Gasteiger charge is -2.26. The second-order valence-electron chi connectivity index (χ2n) is 10.2. The molecule has 1 aromatic heterocycles. The Balaban J connectivity index is 1.53. The Hall–Kier alpha value is -4.92. The summed E-state index contributed by atoms with van der Waals surface area (Å²) in [5.74, 6) is 0.686. The Labute approximate surface area is 268 Å². The molecule has 0 saturated heterocycles. The number of hydrogen-bond acceptors (Lipinski definition) is 7. The Bertz CT molecular complexity index is 2070. The van der Waals surface area contributed by atoms with Crippen molar-refractivity contribution in [2.24, 2.45) is 4.99 Å². The van der Waals surface area contributed by atoms with Crippen LogP contribution in [0.15, 0.2) is 118 Å². The van der Waals surface area contributed by atoms with Gasteiger partial charge in [-0.2, -0.15) is 0 Å². The SMILES string of the molecule is CCOC(=O)C1=C(c2ccccc2)N=c2s/c(=C/c3ccccc3OCc3ccc(Cl)cc3)c(=O)n2[C@@H]1c1cccc(OC)c1. The summed E-state index contributed by atoms with van der Waals surface area (Å²) in [5, 5.41) is 0.656. The van der Waals surface area contributed by atoms with Crippen LogP contribution in [0, 0.1) is 0 Å². The first-order valence-electron chi connectivity index (χ1n) is 14.4. The number of methoxy groups -OCH3 is 1. The van der Waals surface area contributed by atoms with E-state index >= 15 is 0 Å². The number of aromatic nitrogens is 1. The van der Waals surface area contributed by atoms with Crippen molar-refractivity contribution in [2.75, 3.05) is 13.7 Å². The molecule has 0 spiro atoms. The quantitative estimate of drug-likeness (QED) is 0.181. The third-order valence-electron chi connectivity index (χ3n) is 7.30. The van der Waals surface area contributed by atoms with Gasteiger partial charge in [0.1, 0.15) is 18.1 Å². The van der Waals surface area contributed by atoms with Gasteiger partial charge in [0.15, 0.2) is 4.80 Å². The first kappa shape index (κ1) is 30.1. The van der Waals surface area contributed by atoms with Gasteiger partial charge >= 0.3 is 5.97 Å². The lowest BCUT2D eigenvalue weighted by molar-refractivity contribution is -0.138. The van der Waals surface area contributed by atoms with Gasteiger partial charge in [0.2, 0.25) is 0 Å². The van der Waals surface area contributed by atoms with Crippen molar-refractivity contribution in [1.29, 1.82) is 0 Å². The van der Waals surface area contributed by atoms with Crippen molar-refractivity contribution in [3.8, 4) is 11.5 Å². The fraction of sp³-hybridized carbons (Fsp3) is 0.139. The third-order valence-corrected chi connectivity index (χ3v) is 8.53.